The number of rotatable bonds is 1. The molecule has 0 radical (unpaired) electrons. The first-order chi connectivity index (χ1) is 9.52. The predicted octanol–water partition coefficient (Wildman–Crippen LogP) is 2.07. The van der Waals surface area contributed by atoms with Crippen LogP contribution in [0, 0.1) is 0 Å². The van der Waals surface area contributed by atoms with Crippen molar-refractivity contribution in [2.24, 2.45) is 0 Å². The van der Waals surface area contributed by atoms with E-state index < -0.39 is 22.9 Å². The summed E-state index contributed by atoms with van der Waals surface area (Å²) in [6.07, 6.45) is 0. The molecule has 0 unspecified atom stereocenters. The zero-order valence-corrected chi connectivity index (χ0v) is 10.4. The Morgan fingerprint density at radius 3 is 2.50 bits per heavy atom. The third-order valence-corrected chi connectivity index (χ3v) is 3.12. The highest BCUT2D eigenvalue weighted by Gasteiger charge is 2.18. The average Bonchev–Trinajstić information content (AvgIpc) is 2.44. The third-order valence-electron chi connectivity index (χ3n) is 3.12. The first-order valence-electron chi connectivity index (χ1n) is 5.71. The molecule has 0 amide bonds. The summed E-state index contributed by atoms with van der Waals surface area (Å²) in [6, 6.07) is 5.49. The Bertz CT molecular complexity index is 894. The molecule has 6 heteroatoms. The molecule has 6 nitrogen and oxygen atoms in total. The fourth-order valence-electron chi connectivity index (χ4n) is 2.16. The van der Waals surface area contributed by atoms with E-state index in [0.29, 0.717) is 11.1 Å². The molecular weight excluding hydrogens is 264 g/mol. The van der Waals surface area contributed by atoms with E-state index in [1.165, 1.54) is 19.2 Å². The second-order valence-corrected chi connectivity index (χ2v) is 4.27. The van der Waals surface area contributed by atoms with Gasteiger partial charge in [0.05, 0.1) is 17.9 Å². The quantitative estimate of drug-likeness (QED) is 0.272. The molecule has 1 heterocycles. The molecule has 3 N–H and O–H groups in total. The Morgan fingerprint density at radius 2 is 1.80 bits per heavy atom. The van der Waals surface area contributed by atoms with Crippen molar-refractivity contribution in [3.8, 4) is 23.0 Å². The van der Waals surface area contributed by atoms with Crippen molar-refractivity contribution < 1.29 is 24.5 Å². The van der Waals surface area contributed by atoms with Gasteiger partial charge in [-0.15, -0.1) is 0 Å². The van der Waals surface area contributed by atoms with E-state index >= 15 is 0 Å². The number of hydrogen-bond acceptors (Lipinski definition) is 6. The van der Waals surface area contributed by atoms with Crippen molar-refractivity contribution in [2.75, 3.05) is 7.11 Å². The summed E-state index contributed by atoms with van der Waals surface area (Å²) in [4.78, 5) is 11.9. The molecule has 102 valence electrons. The maximum Gasteiger partial charge on any atom is 0.344 e. The van der Waals surface area contributed by atoms with Crippen molar-refractivity contribution in [2.45, 2.75) is 0 Å². The van der Waals surface area contributed by atoms with Gasteiger partial charge in [0.25, 0.3) is 0 Å². The number of phenolic OH excluding ortho intramolecular Hbond substituents is 3. The van der Waals surface area contributed by atoms with Gasteiger partial charge in [-0.1, -0.05) is 0 Å². The van der Waals surface area contributed by atoms with Gasteiger partial charge in [0.15, 0.2) is 22.8 Å². The van der Waals surface area contributed by atoms with Crippen LogP contribution in [0.15, 0.2) is 33.5 Å². The minimum absolute atomic E-state index is 0.0519. The SMILES string of the molecule is COc1ccc2c(=O)oc3c(O)cc(O)c(O)c3c2c1. The molecule has 3 aromatic rings. The summed E-state index contributed by atoms with van der Waals surface area (Å²) in [5, 5.41) is 29.9. The lowest BCUT2D eigenvalue weighted by Gasteiger charge is -2.08. The van der Waals surface area contributed by atoms with Crippen molar-refractivity contribution >= 4 is 21.7 Å². The molecule has 0 fully saturated rings. The topological polar surface area (TPSA) is 100 Å². The minimum Gasteiger partial charge on any atom is -0.504 e. The largest absolute Gasteiger partial charge is 0.504 e. The van der Waals surface area contributed by atoms with Crippen LogP contribution in [0.1, 0.15) is 0 Å². The van der Waals surface area contributed by atoms with Crippen LogP contribution < -0.4 is 10.4 Å². The number of ether oxygens (including phenoxy) is 1. The molecule has 3 rings (SSSR count). The fraction of sp³-hybridized carbons (Fsp3) is 0.0714. The Balaban J connectivity index is 2.65. The highest BCUT2D eigenvalue weighted by Crippen LogP contribution is 2.42. The van der Waals surface area contributed by atoms with E-state index in [9.17, 15) is 20.1 Å². The third kappa shape index (κ3) is 1.55. The standard InChI is InChI=1S/C14H10O6/c1-19-6-2-3-7-8(4-6)11-12(17)9(15)5-10(16)13(11)20-14(7)18/h2-5,15-17H,1H3. The van der Waals surface area contributed by atoms with Gasteiger partial charge in [-0.2, -0.15) is 0 Å². The molecule has 0 aliphatic heterocycles. The molecule has 0 bridgehead atoms. The van der Waals surface area contributed by atoms with Crippen LogP contribution in [-0.2, 0) is 0 Å². The first kappa shape index (κ1) is 12.2. The predicted molar refractivity (Wildman–Crippen MR) is 71.5 cm³/mol. The number of aromatic hydroxyl groups is 3. The number of benzene rings is 2. The highest BCUT2D eigenvalue weighted by atomic mass is 16.5. The van der Waals surface area contributed by atoms with Gasteiger partial charge in [-0.3, -0.25) is 0 Å². The second-order valence-electron chi connectivity index (χ2n) is 4.27. The summed E-state index contributed by atoms with van der Waals surface area (Å²) in [7, 11) is 1.46. The zero-order chi connectivity index (χ0) is 14.4. The zero-order valence-electron chi connectivity index (χ0n) is 10.4. The lowest BCUT2D eigenvalue weighted by molar-refractivity contribution is 0.398. The van der Waals surface area contributed by atoms with Crippen molar-refractivity contribution in [1.82, 2.24) is 0 Å². The summed E-state index contributed by atoms with van der Waals surface area (Å²) >= 11 is 0. The van der Waals surface area contributed by atoms with Gasteiger partial charge in [0.2, 0.25) is 0 Å². The monoisotopic (exact) mass is 274 g/mol. The van der Waals surface area contributed by atoms with Gasteiger partial charge < -0.3 is 24.5 Å². The van der Waals surface area contributed by atoms with Crippen LogP contribution in [0.2, 0.25) is 0 Å². The van der Waals surface area contributed by atoms with E-state index in [-0.39, 0.29) is 16.4 Å². The lowest BCUT2D eigenvalue weighted by atomic mass is 10.1. The average molecular weight is 274 g/mol. The normalized spacial score (nSPS) is 11.1. The molecule has 0 spiro atoms. The van der Waals surface area contributed by atoms with E-state index in [0.717, 1.165) is 6.07 Å². The summed E-state index contributed by atoms with van der Waals surface area (Å²) in [5.74, 6) is -0.948. The highest BCUT2D eigenvalue weighted by molar-refractivity contribution is 6.10. The van der Waals surface area contributed by atoms with Gasteiger partial charge in [-0.05, 0) is 18.2 Å². The van der Waals surface area contributed by atoms with Crippen LogP contribution in [0.3, 0.4) is 0 Å². The van der Waals surface area contributed by atoms with Crippen LogP contribution in [-0.4, -0.2) is 22.4 Å². The summed E-state index contributed by atoms with van der Waals surface area (Å²) in [6.45, 7) is 0. The number of phenols is 3. The Labute approximate surface area is 112 Å². The second kappa shape index (κ2) is 4.06. The molecule has 0 saturated heterocycles. The number of hydrogen-bond donors (Lipinski definition) is 3. The summed E-state index contributed by atoms with van der Waals surface area (Å²) in [5.41, 5.74) is -0.846. The fourth-order valence-corrected chi connectivity index (χ4v) is 2.16. The maximum atomic E-state index is 11.9. The van der Waals surface area contributed by atoms with Crippen LogP contribution >= 0.6 is 0 Å². The Hall–Kier alpha value is -2.89. The number of fused-ring (bicyclic) bond motifs is 3. The molecule has 0 aliphatic rings. The molecule has 0 atom stereocenters. The molecule has 1 aromatic heterocycles. The smallest absolute Gasteiger partial charge is 0.344 e. The first-order valence-corrected chi connectivity index (χ1v) is 5.71. The Kier molecular flexibility index (Phi) is 2.47. The Morgan fingerprint density at radius 1 is 1.05 bits per heavy atom. The molecule has 0 aliphatic carbocycles. The van der Waals surface area contributed by atoms with Gasteiger partial charge >= 0.3 is 5.63 Å². The van der Waals surface area contributed by atoms with Gasteiger partial charge in [0.1, 0.15) is 5.75 Å². The van der Waals surface area contributed by atoms with E-state index in [1.807, 2.05) is 0 Å². The van der Waals surface area contributed by atoms with Crippen molar-refractivity contribution in [3.05, 3.63) is 34.7 Å². The molecule has 0 saturated carbocycles. The number of methoxy groups -OCH3 is 1. The van der Waals surface area contributed by atoms with Gasteiger partial charge in [0, 0.05) is 11.5 Å². The van der Waals surface area contributed by atoms with Gasteiger partial charge in [-0.25, -0.2) is 4.79 Å². The van der Waals surface area contributed by atoms with Crippen LogP contribution in [0.4, 0.5) is 0 Å². The van der Waals surface area contributed by atoms with Crippen molar-refractivity contribution in [3.63, 3.8) is 0 Å². The molecule has 20 heavy (non-hydrogen) atoms. The summed E-state index contributed by atoms with van der Waals surface area (Å²) < 4.78 is 10.1. The maximum absolute atomic E-state index is 11.9. The molecule has 2 aromatic carbocycles. The van der Waals surface area contributed by atoms with Crippen LogP contribution in [0.25, 0.3) is 21.7 Å². The van der Waals surface area contributed by atoms with E-state index in [4.69, 9.17) is 9.15 Å². The van der Waals surface area contributed by atoms with Crippen LogP contribution in [0.5, 0.6) is 23.0 Å². The van der Waals surface area contributed by atoms with E-state index in [2.05, 4.69) is 0 Å². The minimum atomic E-state index is -0.657. The van der Waals surface area contributed by atoms with Crippen molar-refractivity contribution in [1.29, 1.82) is 0 Å². The lowest BCUT2D eigenvalue weighted by Crippen LogP contribution is -2.00. The molecular formula is C14H10O6. The van der Waals surface area contributed by atoms with E-state index in [1.54, 1.807) is 6.07 Å².